The molecule has 3 atom stereocenters. The van der Waals surface area contributed by atoms with Crippen LogP contribution in [-0.4, -0.2) is 64.8 Å². The molecular formula is C34H46O10. The van der Waals surface area contributed by atoms with Crippen molar-refractivity contribution < 1.29 is 48.2 Å². The minimum atomic E-state index is -1.02. The van der Waals surface area contributed by atoms with Gasteiger partial charge in [0.1, 0.15) is 0 Å². The Bertz CT molecular complexity index is 1280. The number of carbonyl (C=O) groups is 2. The molecule has 2 aromatic rings. The monoisotopic (exact) mass is 614 g/mol. The molecule has 2 N–H and O–H groups in total. The summed E-state index contributed by atoms with van der Waals surface area (Å²) < 4.78 is 31.6. The SMILES string of the molecule is COc1cc(C=C(C(=O)O)C2CC(C)CCC2C(C)C)cc(OC)c1OC.COc1cc(C=CC(=O)O)cc(OC)c1OC. The van der Waals surface area contributed by atoms with E-state index in [9.17, 15) is 14.7 Å². The van der Waals surface area contributed by atoms with Crippen molar-refractivity contribution in [2.45, 2.75) is 40.0 Å². The Morgan fingerprint density at radius 1 is 0.750 bits per heavy atom. The number of carboxylic acid groups (broad SMARTS) is 2. The summed E-state index contributed by atoms with van der Waals surface area (Å²) in [7, 11) is 9.17. The van der Waals surface area contributed by atoms with Gasteiger partial charge < -0.3 is 38.6 Å². The summed E-state index contributed by atoms with van der Waals surface area (Å²) in [6, 6.07) is 6.92. The molecule has 1 saturated carbocycles. The molecular weight excluding hydrogens is 568 g/mol. The second-order valence-electron chi connectivity index (χ2n) is 10.9. The van der Waals surface area contributed by atoms with E-state index in [1.807, 2.05) is 0 Å². The van der Waals surface area contributed by atoms with Crippen LogP contribution in [-0.2, 0) is 9.59 Å². The summed E-state index contributed by atoms with van der Waals surface area (Å²) in [6.07, 6.45) is 7.41. The molecule has 0 amide bonds. The minimum Gasteiger partial charge on any atom is -0.493 e. The molecule has 10 nitrogen and oxygen atoms in total. The Morgan fingerprint density at radius 3 is 1.57 bits per heavy atom. The van der Waals surface area contributed by atoms with E-state index in [0.29, 0.717) is 63.4 Å². The molecule has 2 aromatic carbocycles. The normalized spacial score (nSPS) is 18.2. The van der Waals surface area contributed by atoms with Crippen molar-refractivity contribution in [1.82, 2.24) is 0 Å². The van der Waals surface area contributed by atoms with Crippen molar-refractivity contribution in [2.24, 2.45) is 23.7 Å². The molecule has 242 valence electrons. The Labute approximate surface area is 260 Å². The van der Waals surface area contributed by atoms with Crippen LogP contribution in [0.15, 0.2) is 35.9 Å². The molecule has 3 rings (SSSR count). The van der Waals surface area contributed by atoms with Gasteiger partial charge in [0.25, 0.3) is 0 Å². The van der Waals surface area contributed by atoms with Gasteiger partial charge in [-0.05, 0) is 84.1 Å². The third kappa shape index (κ3) is 9.33. The molecule has 0 aromatic heterocycles. The number of methoxy groups -OCH3 is 6. The van der Waals surface area contributed by atoms with Crippen LogP contribution >= 0.6 is 0 Å². The average molecular weight is 615 g/mol. The highest BCUT2D eigenvalue weighted by Crippen LogP contribution is 2.44. The van der Waals surface area contributed by atoms with Crippen LogP contribution in [0.2, 0.25) is 0 Å². The molecule has 1 aliphatic rings. The molecule has 0 bridgehead atoms. The van der Waals surface area contributed by atoms with Crippen molar-refractivity contribution in [3.8, 4) is 34.5 Å². The lowest BCUT2D eigenvalue weighted by Crippen LogP contribution is -2.31. The van der Waals surface area contributed by atoms with Crippen LogP contribution in [0.25, 0.3) is 12.2 Å². The van der Waals surface area contributed by atoms with Crippen LogP contribution < -0.4 is 28.4 Å². The number of hydrogen-bond donors (Lipinski definition) is 2. The van der Waals surface area contributed by atoms with Gasteiger partial charge in [-0.1, -0.05) is 27.2 Å². The van der Waals surface area contributed by atoms with Crippen molar-refractivity contribution in [3.63, 3.8) is 0 Å². The smallest absolute Gasteiger partial charge is 0.331 e. The first-order valence-electron chi connectivity index (χ1n) is 14.4. The van der Waals surface area contributed by atoms with E-state index >= 15 is 0 Å². The fourth-order valence-electron chi connectivity index (χ4n) is 5.62. The molecule has 0 heterocycles. The van der Waals surface area contributed by atoms with E-state index in [2.05, 4.69) is 20.8 Å². The van der Waals surface area contributed by atoms with Gasteiger partial charge in [-0.25, -0.2) is 9.59 Å². The van der Waals surface area contributed by atoms with E-state index in [0.717, 1.165) is 30.9 Å². The lowest BCUT2D eigenvalue weighted by molar-refractivity contribution is -0.134. The fraction of sp³-hybridized carbons (Fsp3) is 0.471. The minimum absolute atomic E-state index is 0.0466. The molecule has 0 aliphatic heterocycles. The largest absolute Gasteiger partial charge is 0.493 e. The predicted molar refractivity (Wildman–Crippen MR) is 169 cm³/mol. The van der Waals surface area contributed by atoms with Gasteiger partial charge in [0, 0.05) is 11.6 Å². The number of carboxylic acids is 2. The highest BCUT2D eigenvalue weighted by molar-refractivity contribution is 5.93. The molecule has 0 spiro atoms. The number of rotatable bonds is 12. The van der Waals surface area contributed by atoms with E-state index in [1.54, 1.807) is 51.7 Å². The topological polar surface area (TPSA) is 130 Å². The van der Waals surface area contributed by atoms with Gasteiger partial charge in [-0.2, -0.15) is 0 Å². The van der Waals surface area contributed by atoms with Gasteiger partial charge in [0.2, 0.25) is 11.5 Å². The molecule has 3 unspecified atom stereocenters. The van der Waals surface area contributed by atoms with E-state index in [4.69, 9.17) is 33.5 Å². The zero-order valence-electron chi connectivity index (χ0n) is 27.1. The number of aliphatic carboxylic acids is 2. The van der Waals surface area contributed by atoms with Crippen LogP contribution in [0.3, 0.4) is 0 Å². The summed E-state index contributed by atoms with van der Waals surface area (Å²) >= 11 is 0. The quantitative estimate of drug-likeness (QED) is 0.249. The Hall–Kier alpha value is -4.34. The third-order valence-electron chi connectivity index (χ3n) is 7.78. The van der Waals surface area contributed by atoms with Gasteiger partial charge in [0.05, 0.1) is 42.7 Å². The van der Waals surface area contributed by atoms with Gasteiger partial charge in [0.15, 0.2) is 23.0 Å². The second-order valence-corrected chi connectivity index (χ2v) is 10.9. The van der Waals surface area contributed by atoms with Crippen LogP contribution in [0.4, 0.5) is 0 Å². The fourth-order valence-corrected chi connectivity index (χ4v) is 5.62. The maximum absolute atomic E-state index is 12.2. The van der Waals surface area contributed by atoms with Crippen molar-refractivity contribution in [3.05, 3.63) is 47.0 Å². The molecule has 0 radical (unpaired) electrons. The molecule has 1 fully saturated rings. The first kappa shape index (κ1) is 35.9. The predicted octanol–water partition coefficient (Wildman–Crippen LogP) is 6.70. The highest BCUT2D eigenvalue weighted by atomic mass is 16.5. The van der Waals surface area contributed by atoms with Gasteiger partial charge in [-0.3, -0.25) is 0 Å². The first-order valence-corrected chi connectivity index (χ1v) is 14.4. The Balaban J connectivity index is 0.000000342. The summed E-state index contributed by atoms with van der Waals surface area (Å²) in [5, 5.41) is 18.5. The standard InChI is InChI=1S/C22H32O5.C12H14O5/c1-13(2)16-8-7-14(3)9-17(16)18(22(23)24)10-15-11-19(25-4)21(27-6)20(12-15)26-5;1-15-9-6-8(4-5-11(13)14)7-10(16-2)12(9)17-3/h10-14,16-17H,7-9H2,1-6H3,(H,23,24);4-7H,1-3H3,(H,13,14). The first-order chi connectivity index (χ1) is 20.9. The van der Waals surface area contributed by atoms with Gasteiger partial charge in [-0.15, -0.1) is 0 Å². The van der Waals surface area contributed by atoms with Crippen LogP contribution in [0.5, 0.6) is 34.5 Å². The van der Waals surface area contributed by atoms with Crippen LogP contribution in [0.1, 0.15) is 51.2 Å². The maximum Gasteiger partial charge on any atom is 0.331 e. The van der Waals surface area contributed by atoms with Crippen molar-refractivity contribution in [1.29, 1.82) is 0 Å². The van der Waals surface area contributed by atoms with E-state index in [-0.39, 0.29) is 5.92 Å². The molecule has 44 heavy (non-hydrogen) atoms. The maximum atomic E-state index is 12.2. The van der Waals surface area contributed by atoms with Crippen molar-refractivity contribution in [2.75, 3.05) is 42.7 Å². The van der Waals surface area contributed by atoms with Crippen LogP contribution in [0, 0.1) is 23.7 Å². The zero-order valence-corrected chi connectivity index (χ0v) is 27.1. The Kier molecular flexibility index (Phi) is 13.9. The summed E-state index contributed by atoms with van der Waals surface area (Å²) in [5.74, 6) is 2.52. The average Bonchev–Trinajstić information content (AvgIpc) is 3.01. The third-order valence-corrected chi connectivity index (χ3v) is 7.78. The van der Waals surface area contributed by atoms with E-state index in [1.165, 1.54) is 27.4 Å². The lowest BCUT2D eigenvalue weighted by Gasteiger charge is -2.37. The number of ether oxygens (including phenoxy) is 6. The summed E-state index contributed by atoms with van der Waals surface area (Å²) in [5.41, 5.74) is 1.86. The second kappa shape index (κ2) is 17.1. The molecule has 0 saturated heterocycles. The summed E-state index contributed by atoms with van der Waals surface area (Å²) in [4.78, 5) is 22.6. The molecule has 1 aliphatic carbocycles. The zero-order chi connectivity index (χ0) is 33.0. The molecule has 10 heteroatoms. The summed E-state index contributed by atoms with van der Waals surface area (Å²) in [6.45, 7) is 6.58. The van der Waals surface area contributed by atoms with E-state index < -0.39 is 11.9 Å². The van der Waals surface area contributed by atoms with Gasteiger partial charge >= 0.3 is 11.9 Å². The highest BCUT2D eigenvalue weighted by Gasteiger charge is 2.35. The number of benzene rings is 2. The lowest BCUT2D eigenvalue weighted by atomic mass is 9.67. The number of hydrogen-bond acceptors (Lipinski definition) is 8. The van der Waals surface area contributed by atoms with Crippen molar-refractivity contribution >= 4 is 24.1 Å². The Morgan fingerprint density at radius 2 is 1.20 bits per heavy atom.